The monoisotopic (exact) mass is 243 g/mol. The Morgan fingerprint density at radius 2 is 1.88 bits per heavy atom. The first-order valence-electron chi connectivity index (χ1n) is 5.83. The molecule has 0 aromatic rings. The van der Waals surface area contributed by atoms with Gasteiger partial charge in [0.05, 0.1) is 7.11 Å². The summed E-state index contributed by atoms with van der Waals surface area (Å²) in [6, 6.07) is -0.519. The van der Waals surface area contributed by atoms with Crippen LogP contribution in [-0.4, -0.2) is 42.3 Å². The first-order chi connectivity index (χ1) is 7.76. The van der Waals surface area contributed by atoms with Crippen molar-refractivity contribution >= 4 is 12.1 Å². The van der Waals surface area contributed by atoms with E-state index in [1.54, 1.807) is 20.8 Å². The number of rotatable bonds is 1. The van der Waals surface area contributed by atoms with Crippen LogP contribution < -0.4 is 0 Å². The standard InChI is InChI=1S/C12H21NO4/c1-8-6-7-13(9(8)10(14)16-5)11(15)17-12(2,3)4/h8-9H,6-7H2,1-5H3/t8?,9-/m0/s1. The van der Waals surface area contributed by atoms with Gasteiger partial charge in [-0.25, -0.2) is 9.59 Å². The summed E-state index contributed by atoms with van der Waals surface area (Å²) in [6.07, 6.45) is 0.344. The zero-order valence-electron chi connectivity index (χ0n) is 11.1. The molecule has 0 aliphatic carbocycles. The van der Waals surface area contributed by atoms with Crippen LogP contribution in [0.3, 0.4) is 0 Å². The summed E-state index contributed by atoms with van der Waals surface area (Å²) < 4.78 is 10.0. The lowest BCUT2D eigenvalue weighted by atomic mass is 10.0. The number of carbonyl (C=O) groups is 2. The molecule has 0 bridgehead atoms. The Morgan fingerprint density at radius 1 is 1.29 bits per heavy atom. The minimum absolute atomic E-state index is 0.106. The average molecular weight is 243 g/mol. The second-order valence-corrected chi connectivity index (χ2v) is 5.41. The van der Waals surface area contributed by atoms with Crippen LogP contribution >= 0.6 is 0 Å². The molecule has 5 nitrogen and oxygen atoms in total. The Kier molecular flexibility index (Phi) is 4.01. The number of methoxy groups -OCH3 is 1. The zero-order chi connectivity index (χ0) is 13.2. The third-order valence-electron chi connectivity index (χ3n) is 2.77. The topological polar surface area (TPSA) is 55.8 Å². The Bertz CT molecular complexity index is 308. The number of likely N-dealkylation sites (tertiary alicyclic amines) is 1. The normalized spacial score (nSPS) is 24.6. The predicted molar refractivity (Wildman–Crippen MR) is 62.5 cm³/mol. The van der Waals surface area contributed by atoms with Crippen LogP contribution in [-0.2, 0) is 14.3 Å². The second-order valence-electron chi connectivity index (χ2n) is 5.41. The lowest BCUT2D eigenvalue weighted by Gasteiger charge is -2.28. The molecule has 1 amide bonds. The summed E-state index contributed by atoms with van der Waals surface area (Å²) in [7, 11) is 1.33. The summed E-state index contributed by atoms with van der Waals surface area (Å²) in [4.78, 5) is 25.0. The van der Waals surface area contributed by atoms with E-state index >= 15 is 0 Å². The molecule has 1 heterocycles. The highest BCUT2D eigenvalue weighted by molar-refractivity contribution is 5.82. The van der Waals surface area contributed by atoms with Crippen LogP contribution in [0.25, 0.3) is 0 Å². The molecule has 17 heavy (non-hydrogen) atoms. The summed E-state index contributed by atoms with van der Waals surface area (Å²) in [5.74, 6) is -0.268. The van der Waals surface area contributed by atoms with Gasteiger partial charge in [-0.15, -0.1) is 0 Å². The zero-order valence-corrected chi connectivity index (χ0v) is 11.1. The van der Waals surface area contributed by atoms with Gasteiger partial charge in [-0.3, -0.25) is 4.90 Å². The minimum atomic E-state index is -0.552. The van der Waals surface area contributed by atoms with Gasteiger partial charge in [0.15, 0.2) is 0 Å². The number of esters is 1. The maximum absolute atomic E-state index is 11.9. The van der Waals surface area contributed by atoms with Gasteiger partial charge in [0.1, 0.15) is 11.6 Å². The van der Waals surface area contributed by atoms with E-state index in [4.69, 9.17) is 9.47 Å². The highest BCUT2D eigenvalue weighted by atomic mass is 16.6. The molecule has 0 aromatic heterocycles. The maximum atomic E-state index is 11.9. The van der Waals surface area contributed by atoms with Gasteiger partial charge in [0, 0.05) is 6.54 Å². The largest absolute Gasteiger partial charge is 0.467 e. The van der Waals surface area contributed by atoms with Crippen molar-refractivity contribution in [2.75, 3.05) is 13.7 Å². The molecule has 1 aliphatic rings. The van der Waals surface area contributed by atoms with Crippen LogP contribution in [0, 0.1) is 5.92 Å². The lowest BCUT2D eigenvalue weighted by molar-refractivity contribution is -0.146. The molecule has 0 spiro atoms. The first-order valence-corrected chi connectivity index (χ1v) is 5.83. The van der Waals surface area contributed by atoms with E-state index in [1.807, 2.05) is 6.92 Å². The second kappa shape index (κ2) is 4.94. The molecule has 1 aliphatic heterocycles. The Morgan fingerprint density at radius 3 is 2.35 bits per heavy atom. The molecular weight excluding hydrogens is 222 g/mol. The maximum Gasteiger partial charge on any atom is 0.411 e. The molecule has 0 N–H and O–H groups in total. The van der Waals surface area contributed by atoms with E-state index in [-0.39, 0.29) is 11.9 Å². The molecule has 0 radical (unpaired) electrons. The quantitative estimate of drug-likeness (QED) is 0.659. The number of ether oxygens (including phenoxy) is 2. The molecule has 0 aromatic carbocycles. The molecule has 1 saturated heterocycles. The van der Waals surface area contributed by atoms with E-state index in [1.165, 1.54) is 12.0 Å². The molecule has 1 fully saturated rings. The van der Waals surface area contributed by atoms with E-state index < -0.39 is 17.7 Å². The van der Waals surface area contributed by atoms with Gasteiger partial charge < -0.3 is 9.47 Å². The molecule has 0 saturated carbocycles. The van der Waals surface area contributed by atoms with Crippen LogP contribution in [0.15, 0.2) is 0 Å². The average Bonchev–Trinajstić information content (AvgIpc) is 2.56. The number of carbonyl (C=O) groups excluding carboxylic acids is 2. The van der Waals surface area contributed by atoms with E-state index in [0.717, 1.165) is 6.42 Å². The fourth-order valence-electron chi connectivity index (χ4n) is 1.95. The molecule has 1 rings (SSSR count). The third kappa shape index (κ3) is 3.35. The van der Waals surface area contributed by atoms with Crippen molar-refractivity contribution in [3.63, 3.8) is 0 Å². The van der Waals surface area contributed by atoms with E-state index in [0.29, 0.717) is 6.54 Å². The van der Waals surface area contributed by atoms with Gasteiger partial charge >= 0.3 is 12.1 Å². The predicted octanol–water partition coefficient (Wildman–Crippen LogP) is 1.80. The van der Waals surface area contributed by atoms with E-state index in [2.05, 4.69) is 0 Å². The van der Waals surface area contributed by atoms with Gasteiger partial charge in [0.2, 0.25) is 0 Å². The van der Waals surface area contributed by atoms with Crippen molar-refractivity contribution < 1.29 is 19.1 Å². The number of hydrogen-bond acceptors (Lipinski definition) is 4. The van der Waals surface area contributed by atoms with Crippen molar-refractivity contribution in [1.29, 1.82) is 0 Å². The Labute approximate surface area is 102 Å². The van der Waals surface area contributed by atoms with Crippen molar-refractivity contribution in [3.8, 4) is 0 Å². The smallest absolute Gasteiger partial charge is 0.411 e. The highest BCUT2D eigenvalue weighted by Gasteiger charge is 2.41. The van der Waals surface area contributed by atoms with Gasteiger partial charge in [0.25, 0.3) is 0 Å². The SMILES string of the molecule is COC(=O)[C@@H]1C(C)CCN1C(=O)OC(C)(C)C. The number of nitrogens with zero attached hydrogens (tertiary/aromatic N) is 1. The fourth-order valence-corrected chi connectivity index (χ4v) is 1.95. The molecule has 5 heteroatoms. The fraction of sp³-hybridized carbons (Fsp3) is 0.833. The van der Waals surface area contributed by atoms with E-state index in [9.17, 15) is 9.59 Å². The van der Waals surface area contributed by atoms with Crippen LogP contribution in [0.1, 0.15) is 34.1 Å². The summed E-state index contributed by atoms with van der Waals surface area (Å²) >= 11 is 0. The summed E-state index contributed by atoms with van der Waals surface area (Å²) in [6.45, 7) is 7.88. The van der Waals surface area contributed by atoms with Crippen LogP contribution in [0.4, 0.5) is 4.79 Å². The van der Waals surface area contributed by atoms with Crippen molar-refractivity contribution in [3.05, 3.63) is 0 Å². The van der Waals surface area contributed by atoms with Crippen LogP contribution in [0.2, 0.25) is 0 Å². The van der Waals surface area contributed by atoms with Crippen molar-refractivity contribution in [2.45, 2.75) is 45.8 Å². The summed E-state index contributed by atoms with van der Waals surface area (Å²) in [5.41, 5.74) is -0.552. The highest BCUT2D eigenvalue weighted by Crippen LogP contribution is 2.26. The van der Waals surface area contributed by atoms with Gasteiger partial charge in [-0.1, -0.05) is 6.92 Å². The third-order valence-corrected chi connectivity index (χ3v) is 2.77. The van der Waals surface area contributed by atoms with Crippen molar-refractivity contribution in [2.24, 2.45) is 5.92 Å². The van der Waals surface area contributed by atoms with Gasteiger partial charge in [-0.2, -0.15) is 0 Å². The van der Waals surface area contributed by atoms with Crippen molar-refractivity contribution in [1.82, 2.24) is 4.90 Å². The minimum Gasteiger partial charge on any atom is -0.467 e. The van der Waals surface area contributed by atoms with Crippen LogP contribution in [0.5, 0.6) is 0 Å². The first kappa shape index (κ1) is 13.8. The Balaban J connectivity index is 2.76. The Hall–Kier alpha value is -1.26. The molecule has 1 unspecified atom stereocenters. The molecule has 98 valence electrons. The lowest BCUT2D eigenvalue weighted by Crippen LogP contribution is -2.45. The number of hydrogen-bond donors (Lipinski definition) is 0. The van der Waals surface area contributed by atoms with Gasteiger partial charge in [-0.05, 0) is 33.1 Å². The molecule has 2 atom stereocenters. The summed E-state index contributed by atoms with van der Waals surface area (Å²) in [5, 5.41) is 0. The number of amides is 1. The molecular formula is C12H21NO4.